The zero-order chi connectivity index (χ0) is 67.2. The first-order chi connectivity index (χ1) is 43.9. The largest absolute Gasteiger partial charge is 0.472 e. The number of unbranched alkanes of at least 4 members (excludes halogenated alkanes) is 41. The van der Waals surface area contributed by atoms with Crippen LogP contribution < -0.4 is 0 Å². The number of carbonyl (C=O) groups excluding carboxylic acids is 4. The summed E-state index contributed by atoms with van der Waals surface area (Å²) in [6.45, 7) is 9.46. The third-order valence-corrected chi connectivity index (χ3v) is 18.6. The van der Waals surface area contributed by atoms with E-state index in [0.29, 0.717) is 31.6 Å². The van der Waals surface area contributed by atoms with E-state index < -0.39 is 97.5 Å². The van der Waals surface area contributed by atoms with Gasteiger partial charge in [0.05, 0.1) is 26.4 Å². The van der Waals surface area contributed by atoms with Crippen molar-refractivity contribution >= 4 is 39.5 Å². The molecule has 2 unspecified atom stereocenters. The minimum atomic E-state index is -4.95. The predicted octanol–water partition coefficient (Wildman–Crippen LogP) is 20.8. The van der Waals surface area contributed by atoms with E-state index >= 15 is 0 Å². The summed E-state index contributed by atoms with van der Waals surface area (Å²) in [6, 6.07) is 0. The number of ether oxygens (including phenoxy) is 4. The summed E-state index contributed by atoms with van der Waals surface area (Å²) in [5, 5.41) is 10.6. The maximum Gasteiger partial charge on any atom is 0.472 e. The van der Waals surface area contributed by atoms with Gasteiger partial charge in [-0.1, -0.05) is 318 Å². The Bertz CT molecular complexity index is 1770. The number of aliphatic hydroxyl groups excluding tert-OH is 1. The van der Waals surface area contributed by atoms with Gasteiger partial charge in [-0.2, -0.15) is 0 Å². The van der Waals surface area contributed by atoms with Crippen LogP contribution in [0.3, 0.4) is 0 Å². The molecule has 0 aromatic heterocycles. The maximum atomic E-state index is 13.0. The van der Waals surface area contributed by atoms with E-state index in [1.165, 1.54) is 180 Å². The number of hydrogen-bond acceptors (Lipinski definition) is 15. The van der Waals surface area contributed by atoms with E-state index in [0.717, 1.165) is 102 Å². The quantitative estimate of drug-likeness (QED) is 0.0222. The van der Waals surface area contributed by atoms with Gasteiger partial charge in [-0.3, -0.25) is 37.3 Å². The van der Waals surface area contributed by atoms with E-state index in [2.05, 4.69) is 41.5 Å². The van der Waals surface area contributed by atoms with Crippen LogP contribution in [0.1, 0.15) is 369 Å². The van der Waals surface area contributed by atoms with Crippen LogP contribution in [0.5, 0.6) is 0 Å². The van der Waals surface area contributed by atoms with Crippen LogP contribution >= 0.6 is 15.6 Å². The molecule has 5 atom stereocenters. The van der Waals surface area contributed by atoms with Crippen molar-refractivity contribution in [1.29, 1.82) is 0 Å². The number of phosphoric acid groups is 2. The Morgan fingerprint density at radius 1 is 0.297 bits per heavy atom. The lowest BCUT2D eigenvalue weighted by Gasteiger charge is -2.21. The topological polar surface area (TPSA) is 237 Å². The summed E-state index contributed by atoms with van der Waals surface area (Å²) in [6.07, 6.45) is 50.3. The molecule has 0 aliphatic carbocycles. The molecule has 3 N–H and O–H groups in total. The SMILES string of the molecule is CCCCCCCCCCCCCCCCCCCCCCC(=O)O[C@H](COC(=O)CCCCCCCCCCCCC(C)C)COP(=O)(O)OC[C@@H](O)COP(=O)(O)OC[C@@H](COC(=O)CCCCCCCCCC)OC(=O)CCCCCCCCCC(C)C. The van der Waals surface area contributed by atoms with Crippen LogP contribution in [-0.4, -0.2) is 96.7 Å². The van der Waals surface area contributed by atoms with E-state index in [1.807, 2.05) is 0 Å². The number of esters is 4. The van der Waals surface area contributed by atoms with Gasteiger partial charge in [0.2, 0.25) is 0 Å². The Morgan fingerprint density at radius 3 is 0.747 bits per heavy atom. The van der Waals surface area contributed by atoms with E-state index in [1.54, 1.807) is 0 Å². The van der Waals surface area contributed by atoms with Gasteiger partial charge >= 0.3 is 39.5 Å². The second-order valence-electron chi connectivity index (χ2n) is 26.9. The van der Waals surface area contributed by atoms with Crippen molar-refractivity contribution in [2.75, 3.05) is 39.6 Å². The van der Waals surface area contributed by atoms with Crippen molar-refractivity contribution < 1.29 is 80.2 Å². The fourth-order valence-electron chi connectivity index (χ4n) is 10.9. The minimum Gasteiger partial charge on any atom is -0.462 e. The standard InChI is InChI=1S/C72H140O17P2/c1-7-9-11-13-15-17-18-19-20-21-22-23-24-25-26-27-32-38-44-50-56-71(76)88-67(61-83-70(75)55-49-43-37-31-29-28-30-34-40-46-52-64(3)4)62-86-90(78,79)84-58-66(73)59-85-91(80,81)87-63-68(60-82-69(74)54-48-42-36-16-14-12-10-8-2)89-72(77)57-51-45-39-33-35-41-47-53-65(5)6/h64-68,73H,7-63H2,1-6H3,(H,78,79)(H,80,81)/t66-,67-,68-/m1/s1. The lowest BCUT2D eigenvalue weighted by Crippen LogP contribution is -2.30. The Hall–Kier alpha value is -1.94. The summed E-state index contributed by atoms with van der Waals surface area (Å²) in [5.41, 5.74) is 0. The molecule has 0 heterocycles. The molecule has 0 radical (unpaired) electrons. The summed E-state index contributed by atoms with van der Waals surface area (Å²) in [4.78, 5) is 72.5. The third kappa shape index (κ3) is 66.5. The highest BCUT2D eigenvalue weighted by Gasteiger charge is 2.30. The van der Waals surface area contributed by atoms with Crippen LogP contribution in [0.2, 0.25) is 0 Å². The smallest absolute Gasteiger partial charge is 0.462 e. The molecule has 0 aliphatic heterocycles. The molecule has 540 valence electrons. The van der Waals surface area contributed by atoms with Crippen LogP contribution in [0.25, 0.3) is 0 Å². The Morgan fingerprint density at radius 2 is 0.505 bits per heavy atom. The van der Waals surface area contributed by atoms with Crippen LogP contribution in [0, 0.1) is 11.8 Å². The highest BCUT2D eigenvalue weighted by atomic mass is 31.2. The van der Waals surface area contributed by atoms with Gasteiger partial charge < -0.3 is 33.8 Å². The first-order valence-electron chi connectivity index (χ1n) is 37.5. The minimum absolute atomic E-state index is 0.103. The number of carbonyl (C=O) groups is 4. The molecule has 0 bridgehead atoms. The van der Waals surface area contributed by atoms with Gasteiger partial charge in [-0.25, -0.2) is 9.13 Å². The van der Waals surface area contributed by atoms with Crippen molar-refractivity contribution in [3.05, 3.63) is 0 Å². The molecule has 19 heteroatoms. The average Bonchev–Trinajstić information content (AvgIpc) is 3.65. The highest BCUT2D eigenvalue weighted by molar-refractivity contribution is 7.47. The van der Waals surface area contributed by atoms with E-state index in [9.17, 15) is 43.2 Å². The summed E-state index contributed by atoms with van der Waals surface area (Å²) >= 11 is 0. The number of aliphatic hydroxyl groups is 1. The normalized spacial score (nSPS) is 14.1. The molecule has 91 heavy (non-hydrogen) atoms. The first kappa shape index (κ1) is 89.1. The number of hydrogen-bond donors (Lipinski definition) is 3. The van der Waals surface area contributed by atoms with Gasteiger partial charge in [-0.05, 0) is 37.5 Å². The molecule has 0 rings (SSSR count). The van der Waals surface area contributed by atoms with Crippen molar-refractivity contribution in [3.63, 3.8) is 0 Å². The molecule has 0 fully saturated rings. The second-order valence-corrected chi connectivity index (χ2v) is 29.8. The van der Waals surface area contributed by atoms with Crippen LogP contribution in [0.4, 0.5) is 0 Å². The van der Waals surface area contributed by atoms with Crippen molar-refractivity contribution in [2.24, 2.45) is 11.8 Å². The molecular weight excluding hydrogens is 1200 g/mol. The second kappa shape index (κ2) is 64.1. The fraction of sp³-hybridized carbons (Fsp3) is 0.944. The molecular formula is C72H140O17P2. The summed E-state index contributed by atoms with van der Waals surface area (Å²) in [5.74, 6) is -0.673. The van der Waals surface area contributed by atoms with Crippen molar-refractivity contribution in [2.45, 2.75) is 387 Å². The Balaban J connectivity index is 5.18. The van der Waals surface area contributed by atoms with Crippen LogP contribution in [-0.2, 0) is 65.4 Å². The maximum absolute atomic E-state index is 13.0. The zero-order valence-corrected chi connectivity index (χ0v) is 60.9. The molecule has 0 saturated carbocycles. The monoisotopic (exact) mass is 1340 g/mol. The fourth-order valence-corrected chi connectivity index (χ4v) is 12.5. The molecule has 0 aliphatic rings. The zero-order valence-electron chi connectivity index (χ0n) is 59.1. The van der Waals surface area contributed by atoms with E-state index in [-0.39, 0.29) is 25.7 Å². The highest BCUT2D eigenvalue weighted by Crippen LogP contribution is 2.45. The summed E-state index contributed by atoms with van der Waals surface area (Å²) in [7, 11) is -9.90. The van der Waals surface area contributed by atoms with Gasteiger partial charge in [0.1, 0.15) is 19.3 Å². The average molecular weight is 1340 g/mol. The lowest BCUT2D eigenvalue weighted by molar-refractivity contribution is -0.161. The number of rotatable bonds is 71. The van der Waals surface area contributed by atoms with Gasteiger partial charge in [0.25, 0.3) is 0 Å². The van der Waals surface area contributed by atoms with Gasteiger partial charge in [0, 0.05) is 25.7 Å². The molecule has 17 nitrogen and oxygen atoms in total. The first-order valence-corrected chi connectivity index (χ1v) is 40.5. The molecule has 0 saturated heterocycles. The third-order valence-electron chi connectivity index (χ3n) is 16.7. The van der Waals surface area contributed by atoms with Crippen molar-refractivity contribution in [3.8, 4) is 0 Å². The molecule has 0 spiro atoms. The Labute approximate surface area is 556 Å². The molecule has 0 aromatic carbocycles. The van der Waals surface area contributed by atoms with Gasteiger partial charge in [0.15, 0.2) is 12.2 Å². The van der Waals surface area contributed by atoms with Gasteiger partial charge in [-0.15, -0.1) is 0 Å². The lowest BCUT2D eigenvalue weighted by atomic mass is 10.0. The van der Waals surface area contributed by atoms with E-state index in [4.69, 9.17) is 37.0 Å². The number of phosphoric ester groups is 2. The Kier molecular flexibility index (Phi) is 62.7. The molecule has 0 amide bonds. The molecule has 0 aromatic rings. The predicted molar refractivity (Wildman–Crippen MR) is 368 cm³/mol. The van der Waals surface area contributed by atoms with Crippen LogP contribution in [0.15, 0.2) is 0 Å². The summed E-state index contributed by atoms with van der Waals surface area (Å²) < 4.78 is 68.2. The van der Waals surface area contributed by atoms with Crippen molar-refractivity contribution in [1.82, 2.24) is 0 Å².